The van der Waals surface area contributed by atoms with Crippen LogP contribution in [0.15, 0.2) is 81.2 Å². The summed E-state index contributed by atoms with van der Waals surface area (Å²) in [5, 5.41) is 7.87. The highest BCUT2D eigenvalue weighted by Gasteiger charge is 2.20. The molecule has 0 saturated heterocycles. The van der Waals surface area contributed by atoms with Crippen molar-refractivity contribution in [2.24, 2.45) is 0 Å². The van der Waals surface area contributed by atoms with Crippen molar-refractivity contribution in [3.8, 4) is 22.6 Å². The van der Waals surface area contributed by atoms with Crippen molar-refractivity contribution >= 4 is 16.7 Å². The zero-order valence-corrected chi connectivity index (χ0v) is 18.5. The first-order valence-corrected chi connectivity index (χ1v) is 10.6. The topological polar surface area (TPSA) is 94.1 Å². The molecular formula is C26H22N4O3. The highest BCUT2D eigenvalue weighted by molar-refractivity contribution is 5.85. The van der Waals surface area contributed by atoms with Gasteiger partial charge in [-0.25, -0.2) is 0 Å². The number of nitrogens with zero attached hydrogens (tertiary/aromatic N) is 3. The van der Waals surface area contributed by atoms with Crippen molar-refractivity contribution in [1.29, 1.82) is 0 Å². The Morgan fingerprint density at radius 3 is 2.64 bits per heavy atom. The summed E-state index contributed by atoms with van der Waals surface area (Å²) in [6.45, 7) is 5.80. The number of pyridine rings is 2. The molecule has 1 unspecified atom stereocenters. The number of fused-ring (bicyclic) bond motifs is 1. The molecule has 0 fully saturated rings. The van der Waals surface area contributed by atoms with Gasteiger partial charge in [0.25, 0.3) is 0 Å². The standard InChI is InChI=1S/C26H22N4O3/c1-15-10-20(17(3)30-22-7-5-9-28-23(22)19-13-29-32-14-19)26-21(11-15)24(31)16(2)25(33-26)18-6-4-8-27-12-18/h4-14,17,30H,1-3H3. The average Bonchev–Trinajstić information content (AvgIpc) is 3.37. The van der Waals surface area contributed by atoms with Gasteiger partial charge in [-0.3, -0.25) is 14.8 Å². The largest absolute Gasteiger partial charge is 0.455 e. The van der Waals surface area contributed by atoms with E-state index in [4.69, 9.17) is 8.94 Å². The van der Waals surface area contributed by atoms with E-state index < -0.39 is 0 Å². The highest BCUT2D eigenvalue weighted by Crippen LogP contribution is 2.33. The summed E-state index contributed by atoms with van der Waals surface area (Å²) in [6.07, 6.45) is 8.31. The Balaban J connectivity index is 1.64. The fourth-order valence-electron chi connectivity index (χ4n) is 4.05. The molecule has 0 aliphatic rings. The fourth-order valence-corrected chi connectivity index (χ4v) is 4.05. The van der Waals surface area contributed by atoms with Gasteiger partial charge in [-0.1, -0.05) is 11.2 Å². The third-order valence-electron chi connectivity index (χ3n) is 5.67. The summed E-state index contributed by atoms with van der Waals surface area (Å²) in [4.78, 5) is 22.0. The average molecular weight is 438 g/mol. The molecule has 0 aliphatic carbocycles. The second-order valence-corrected chi connectivity index (χ2v) is 8.04. The van der Waals surface area contributed by atoms with Crippen molar-refractivity contribution < 1.29 is 8.94 Å². The molecule has 0 spiro atoms. The molecule has 0 aliphatic heterocycles. The second-order valence-electron chi connectivity index (χ2n) is 8.04. The Bertz CT molecular complexity index is 1490. The van der Waals surface area contributed by atoms with E-state index in [1.807, 2.05) is 50.2 Å². The van der Waals surface area contributed by atoms with Crippen LogP contribution in [0.3, 0.4) is 0 Å². The molecular weight excluding hydrogens is 416 g/mol. The van der Waals surface area contributed by atoms with Crippen LogP contribution in [0.1, 0.15) is 29.7 Å². The van der Waals surface area contributed by atoms with Crippen molar-refractivity contribution in [2.45, 2.75) is 26.8 Å². The lowest BCUT2D eigenvalue weighted by Crippen LogP contribution is -2.13. The van der Waals surface area contributed by atoms with E-state index in [-0.39, 0.29) is 11.5 Å². The highest BCUT2D eigenvalue weighted by atomic mass is 16.5. The van der Waals surface area contributed by atoms with Crippen LogP contribution in [0, 0.1) is 13.8 Å². The van der Waals surface area contributed by atoms with Crippen LogP contribution in [0.2, 0.25) is 0 Å². The molecule has 1 N–H and O–H groups in total. The van der Waals surface area contributed by atoms with Gasteiger partial charge in [-0.2, -0.15) is 0 Å². The Labute approximate surface area is 190 Å². The zero-order valence-electron chi connectivity index (χ0n) is 18.5. The monoisotopic (exact) mass is 438 g/mol. The number of hydrogen-bond acceptors (Lipinski definition) is 7. The molecule has 7 nitrogen and oxygen atoms in total. The van der Waals surface area contributed by atoms with Gasteiger partial charge in [0.1, 0.15) is 17.6 Å². The van der Waals surface area contributed by atoms with Crippen LogP contribution in [0.4, 0.5) is 5.69 Å². The lowest BCUT2D eigenvalue weighted by molar-refractivity contribution is 0.420. The second kappa shape index (κ2) is 8.35. The van der Waals surface area contributed by atoms with Gasteiger partial charge >= 0.3 is 0 Å². The minimum atomic E-state index is -0.178. The number of aryl methyl sites for hydroxylation is 1. The molecule has 4 heterocycles. The van der Waals surface area contributed by atoms with Crippen molar-refractivity contribution in [1.82, 2.24) is 15.1 Å². The zero-order chi connectivity index (χ0) is 22.9. The molecule has 164 valence electrons. The first-order chi connectivity index (χ1) is 16.0. The smallest absolute Gasteiger partial charge is 0.196 e. The first-order valence-electron chi connectivity index (χ1n) is 10.6. The number of nitrogens with one attached hydrogen (secondary N) is 1. The van der Waals surface area contributed by atoms with Crippen LogP contribution in [0.25, 0.3) is 33.6 Å². The van der Waals surface area contributed by atoms with Gasteiger partial charge in [0.15, 0.2) is 5.43 Å². The molecule has 33 heavy (non-hydrogen) atoms. The molecule has 1 aromatic carbocycles. The van der Waals surface area contributed by atoms with E-state index in [0.29, 0.717) is 22.3 Å². The summed E-state index contributed by atoms with van der Waals surface area (Å²) < 4.78 is 11.4. The minimum absolute atomic E-state index is 0.0428. The summed E-state index contributed by atoms with van der Waals surface area (Å²) in [7, 11) is 0. The van der Waals surface area contributed by atoms with Gasteiger partial charge in [-0.05, 0) is 56.7 Å². The summed E-state index contributed by atoms with van der Waals surface area (Å²) >= 11 is 0. The van der Waals surface area contributed by atoms with Crippen molar-refractivity contribution in [2.75, 3.05) is 5.32 Å². The Hall–Kier alpha value is -4.26. The summed E-state index contributed by atoms with van der Waals surface area (Å²) in [5.41, 5.74) is 6.05. The van der Waals surface area contributed by atoms with Crippen LogP contribution in [-0.2, 0) is 0 Å². The maximum Gasteiger partial charge on any atom is 0.196 e. The summed E-state index contributed by atoms with van der Waals surface area (Å²) in [6, 6.07) is 11.3. The minimum Gasteiger partial charge on any atom is -0.455 e. The third-order valence-corrected chi connectivity index (χ3v) is 5.67. The lowest BCUT2D eigenvalue weighted by Gasteiger charge is -2.20. The van der Waals surface area contributed by atoms with Crippen molar-refractivity contribution in [3.63, 3.8) is 0 Å². The SMILES string of the molecule is Cc1cc(C(C)Nc2cccnc2-c2cnoc2)c2oc(-c3cccnc3)c(C)c(=O)c2c1. The third kappa shape index (κ3) is 3.78. The van der Waals surface area contributed by atoms with Crippen LogP contribution in [0.5, 0.6) is 0 Å². The number of aromatic nitrogens is 3. The van der Waals surface area contributed by atoms with Crippen LogP contribution in [-0.4, -0.2) is 15.1 Å². The van der Waals surface area contributed by atoms with E-state index >= 15 is 0 Å². The fraction of sp³-hybridized carbons (Fsp3) is 0.154. The molecule has 4 aromatic heterocycles. The Morgan fingerprint density at radius 2 is 1.88 bits per heavy atom. The van der Waals surface area contributed by atoms with E-state index in [1.165, 1.54) is 0 Å². The molecule has 5 aromatic rings. The molecule has 0 radical (unpaired) electrons. The Morgan fingerprint density at radius 1 is 1.03 bits per heavy atom. The Kier molecular flexibility index (Phi) is 5.22. The number of hydrogen-bond donors (Lipinski definition) is 1. The predicted molar refractivity (Wildman–Crippen MR) is 127 cm³/mol. The van der Waals surface area contributed by atoms with E-state index in [1.54, 1.807) is 38.0 Å². The van der Waals surface area contributed by atoms with Gasteiger partial charge in [-0.15, -0.1) is 0 Å². The van der Waals surface area contributed by atoms with Crippen LogP contribution < -0.4 is 10.7 Å². The van der Waals surface area contributed by atoms with Gasteiger partial charge < -0.3 is 14.3 Å². The molecule has 1 atom stereocenters. The molecule has 0 saturated carbocycles. The van der Waals surface area contributed by atoms with Gasteiger partial charge in [0.2, 0.25) is 0 Å². The van der Waals surface area contributed by atoms with Gasteiger partial charge in [0, 0.05) is 35.3 Å². The predicted octanol–water partition coefficient (Wildman–Crippen LogP) is 5.69. The lowest BCUT2D eigenvalue weighted by atomic mass is 9.99. The van der Waals surface area contributed by atoms with E-state index in [2.05, 4.69) is 20.4 Å². The van der Waals surface area contributed by atoms with Gasteiger partial charge in [0.05, 0.1) is 34.6 Å². The molecule has 7 heteroatoms. The molecule has 0 amide bonds. The molecule has 5 rings (SSSR count). The summed E-state index contributed by atoms with van der Waals surface area (Å²) in [5.74, 6) is 0.532. The first kappa shape index (κ1) is 20.6. The maximum atomic E-state index is 13.3. The number of rotatable bonds is 5. The maximum absolute atomic E-state index is 13.3. The van der Waals surface area contributed by atoms with E-state index in [9.17, 15) is 4.79 Å². The van der Waals surface area contributed by atoms with Crippen molar-refractivity contribution in [3.05, 3.63) is 94.4 Å². The van der Waals surface area contributed by atoms with Crippen LogP contribution >= 0.6 is 0 Å². The normalized spacial score (nSPS) is 12.1. The number of benzene rings is 1. The quantitative estimate of drug-likeness (QED) is 0.376. The number of anilines is 1. The molecule has 0 bridgehead atoms. The van der Waals surface area contributed by atoms with E-state index in [0.717, 1.165) is 33.6 Å².